The van der Waals surface area contributed by atoms with Gasteiger partial charge in [-0.1, -0.05) is 12.1 Å². The van der Waals surface area contributed by atoms with E-state index in [1.54, 1.807) is 12.1 Å². The third kappa shape index (κ3) is 3.50. The molecule has 0 radical (unpaired) electrons. The van der Waals surface area contributed by atoms with E-state index >= 15 is 0 Å². The van der Waals surface area contributed by atoms with Gasteiger partial charge in [-0.2, -0.15) is 0 Å². The number of carbonyl (C=O) groups excluding carboxylic acids is 2. The minimum Gasteiger partial charge on any atom is -0.454 e. The number of hydrogen-bond donors (Lipinski definition) is 2. The molecule has 2 rings (SSSR count). The fourth-order valence-electron chi connectivity index (χ4n) is 2.15. The van der Waals surface area contributed by atoms with E-state index in [4.69, 9.17) is 15.6 Å². The molecule has 0 aliphatic rings. The van der Waals surface area contributed by atoms with E-state index in [0.29, 0.717) is 5.56 Å². The van der Waals surface area contributed by atoms with Crippen molar-refractivity contribution in [1.82, 2.24) is 9.13 Å². The summed E-state index contributed by atoms with van der Waals surface area (Å²) in [6, 6.07) is 5.97. The molecule has 1 heterocycles. The van der Waals surface area contributed by atoms with Gasteiger partial charge >= 0.3 is 11.7 Å². The van der Waals surface area contributed by atoms with Crippen molar-refractivity contribution in [3.05, 3.63) is 61.8 Å². The molecule has 0 aliphatic carbocycles. The van der Waals surface area contributed by atoms with Crippen LogP contribution in [0.3, 0.4) is 0 Å². The molecule has 0 aliphatic heterocycles. The molecule has 0 spiro atoms. The second-order valence-electron chi connectivity index (χ2n) is 5.32. The Bertz CT molecular complexity index is 940. The van der Waals surface area contributed by atoms with Gasteiger partial charge in [-0.15, -0.1) is 0 Å². The summed E-state index contributed by atoms with van der Waals surface area (Å²) in [5.41, 5.74) is 4.55. The first-order chi connectivity index (χ1) is 11.8. The Balaban J connectivity index is 2.19. The molecule has 3 N–H and O–H groups in total. The van der Waals surface area contributed by atoms with Crippen molar-refractivity contribution < 1.29 is 19.4 Å². The summed E-state index contributed by atoms with van der Waals surface area (Å²) in [6.45, 7) is -0.860. The highest BCUT2D eigenvalue weighted by molar-refractivity contribution is 6.02. The maximum atomic E-state index is 12.2. The topological polar surface area (TPSA) is 134 Å². The molecular formula is C16H17N3O6. The van der Waals surface area contributed by atoms with E-state index in [0.717, 1.165) is 9.13 Å². The Labute approximate surface area is 141 Å². The number of Topliss-reactive ketones (excluding diaryl/α,β-unsaturated/α-hetero) is 1. The van der Waals surface area contributed by atoms with Gasteiger partial charge in [-0.05, 0) is 17.7 Å². The van der Waals surface area contributed by atoms with Crippen LogP contribution in [-0.2, 0) is 25.4 Å². The third-order valence-electron chi connectivity index (χ3n) is 3.70. The van der Waals surface area contributed by atoms with Crippen LogP contribution in [0.25, 0.3) is 0 Å². The highest BCUT2D eigenvalue weighted by Crippen LogP contribution is 2.08. The molecule has 0 saturated heterocycles. The first kappa shape index (κ1) is 18.1. The number of nitrogen functional groups attached to an aromatic ring is 1. The first-order valence-electron chi connectivity index (χ1n) is 7.23. The molecule has 0 fully saturated rings. The van der Waals surface area contributed by atoms with Crippen LogP contribution in [0.4, 0.5) is 5.82 Å². The number of anilines is 1. The van der Waals surface area contributed by atoms with Crippen LogP contribution in [0.5, 0.6) is 0 Å². The summed E-state index contributed by atoms with van der Waals surface area (Å²) >= 11 is 0. The van der Waals surface area contributed by atoms with Gasteiger partial charge in [-0.25, -0.2) is 9.59 Å². The van der Waals surface area contributed by atoms with Crippen LogP contribution in [-0.4, -0.2) is 32.6 Å². The Hall–Kier alpha value is -3.20. The normalized spacial score (nSPS) is 10.5. The molecule has 0 saturated carbocycles. The van der Waals surface area contributed by atoms with Gasteiger partial charge in [-0.3, -0.25) is 18.7 Å². The molecule has 0 amide bonds. The summed E-state index contributed by atoms with van der Waals surface area (Å²) < 4.78 is 6.61. The molecule has 0 bridgehead atoms. The Kier molecular flexibility index (Phi) is 5.18. The third-order valence-corrected chi connectivity index (χ3v) is 3.70. The highest BCUT2D eigenvalue weighted by atomic mass is 16.5. The minimum absolute atomic E-state index is 0.164. The van der Waals surface area contributed by atoms with Crippen molar-refractivity contribution in [2.45, 2.75) is 6.61 Å². The second-order valence-corrected chi connectivity index (χ2v) is 5.32. The van der Waals surface area contributed by atoms with E-state index in [9.17, 15) is 19.2 Å². The predicted octanol–water partition coefficient (Wildman–Crippen LogP) is -0.802. The molecule has 2 aromatic rings. The number of nitrogens with two attached hydrogens (primary N) is 1. The van der Waals surface area contributed by atoms with Crippen LogP contribution in [0.1, 0.15) is 26.3 Å². The number of ketones is 1. The quantitative estimate of drug-likeness (QED) is 0.534. The van der Waals surface area contributed by atoms with Crippen LogP contribution in [0.15, 0.2) is 33.9 Å². The van der Waals surface area contributed by atoms with Crippen LogP contribution < -0.4 is 17.0 Å². The van der Waals surface area contributed by atoms with Crippen molar-refractivity contribution in [3.8, 4) is 0 Å². The number of rotatable bonds is 5. The smallest absolute Gasteiger partial charge is 0.338 e. The number of carbonyl (C=O) groups is 2. The first-order valence-corrected chi connectivity index (χ1v) is 7.23. The maximum absolute atomic E-state index is 12.2. The minimum atomic E-state index is -0.853. The molecule has 1 aromatic carbocycles. The fraction of sp³-hybridized carbons (Fsp3) is 0.250. The van der Waals surface area contributed by atoms with Gasteiger partial charge in [0.2, 0.25) is 5.78 Å². The average molecular weight is 347 g/mol. The number of nitrogens with zero attached hydrogens (tertiary/aromatic N) is 2. The summed E-state index contributed by atoms with van der Waals surface area (Å²) in [5.74, 6) is -1.87. The number of esters is 1. The van der Waals surface area contributed by atoms with Crippen LogP contribution in [0, 0.1) is 0 Å². The lowest BCUT2D eigenvalue weighted by atomic mass is 10.1. The molecular weight excluding hydrogens is 330 g/mol. The zero-order valence-electron chi connectivity index (χ0n) is 13.7. The second kappa shape index (κ2) is 7.14. The van der Waals surface area contributed by atoms with Gasteiger partial charge in [0.25, 0.3) is 5.56 Å². The summed E-state index contributed by atoms with van der Waals surface area (Å²) in [5, 5.41) is 8.96. The van der Waals surface area contributed by atoms with Gasteiger partial charge in [0, 0.05) is 14.1 Å². The van der Waals surface area contributed by atoms with Crippen molar-refractivity contribution >= 4 is 17.6 Å². The molecule has 1 aromatic heterocycles. The van der Waals surface area contributed by atoms with Crippen LogP contribution >= 0.6 is 0 Å². The van der Waals surface area contributed by atoms with Gasteiger partial charge in [0.05, 0.1) is 12.2 Å². The summed E-state index contributed by atoms with van der Waals surface area (Å²) in [7, 11) is 2.54. The van der Waals surface area contributed by atoms with Gasteiger partial charge in [0.1, 0.15) is 11.4 Å². The monoisotopic (exact) mass is 347 g/mol. The maximum Gasteiger partial charge on any atom is 0.338 e. The van der Waals surface area contributed by atoms with E-state index in [2.05, 4.69) is 0 Å². The van der Waals surface area contributed by atoms with Crippen molar-refractivity contribution in [2.24, 2.45) is 14.1 Å². The van der Waals surface area contributed by atoms with E-state index in [-0.39, 0.29) is 18.0 Å². The van der Waals surface area contributed by atoms with Crippen molar-refractivity contribution in [3.63, 3.8) is 0 Å². The number of aliphatic hydroxyl groups excluding tert-OH is 1. The molecule has 25 heavy (non-hydrogen) atoms. The SMILES string of the molecule is Cn1c(N)c(C(=O)COC(=O)c2ccc(CO)cc2)c(=O)n(C)c1=O. The Morgan fingerprint density at radius 2 is 1.72 bits per heavy atom. The summed E-state index contributed by atoms with van der Waals surface area (Å²) in [4.78, 5) is 47.9. The van der Waals surface area contributed by atoms with Crippen molar-refractivity contribution in [1.29, 1.82) is 0 Å². The van der Waals surface area contributed by atoms with Crippen molar-refractivity contribution in [2.75, 3.05) is 12.3 Å². The molecule has 9 heteroatoms. The zero-order valence-corrected chi connectivity index (χ0v) is 13.7. The number of hydrogen-bond acceptors (Lipinski definition) is 7. The van der Waals surface area contributed by atoms with Gasteiger partial charge in [0.15, 0.2) is 6.61 Å². The van der Waals surface area contributed by atoms with E-state index < -0.39 is 35.2 Å². The Morgan fingerprint density at radius 1 is 1.12 bits per heavy atom. The number of aromatic nitrogens is 2. The standard InChI is InChI=1S/C16H17N3O6/c1-18-13(17)12(14(22)19(2)16(18)24)11(21)8-25-15(23)10-5-3-9(7-20)4-6-10/h3-6,20H,7-8,17H2,1-2H3. The van der Waals surface area contributed by atoms with E-state index in [1.807, 2.05) is 0 Å². The number of aliphatic hydroxyl groups is 1. The number of benzene rings is 1. The fourth-order valence-corrected chi connectivity index (χ4v) is 2.15. The molecule has 0 unspecified atom stereocenters. The number of ether oxygens (including phenoxy) is 1. The largest absolute Gasteiger partial charge is 0.454 e. The molecule has 132 valence electrons. The highest BCUT2D eigenvalue weighted by Gasteiger charge is 2.21. The predicted molar refractivity (Wildman–Crippen MR) is 88.3 cm³/mol. The molecule has 9 nitrogen and oxygen atoms in total. The lowest BCUT2D eigenvalue weighted by molar-refractivity contribution is 0.0474. The van der Waals surface area contributed by atoms with Gasteiger partial charge < -0.3 is 15.6 Å². The summed E-state index contributed by atoms with van der Waals surface area (Å²) in [6.07, 6.45) is 0. The Morgan fingerprint density at radius 3 is 2.28 bits per heavy atom. The molecule has 0 atom stereocenters. The van der Waals surface area contributed by atoms with E-state index in [1.165, 1.54) is 26.2 Å². The zero-order chi connectivity index (χ0) is 18.7. The average Bonchev–Trinajstić information content (AvgIpc) is 2.63. The lowest BCUT2D eigenvalue weighted by Crippen LogP contribution is -2.42. The lowest BCUT2D eigenvalue weighted by Gasteiger charge is -2.11. The van der Waals surface area contributed by atoms with Crippen LogP contribution in [0.2, 0.25) is 0 Å².